The van der Waals surface area contributed by atoms with Crippen LogP contribution in [0.3, 0.4) is 0 Å². The zero-order valence-electron chi connectivity index (χ0n) is 14.0. The lowest BCUT2D eigenvalue weighted by atomic mass is 10.0. The molecule has 120 valence electrons. The zero-order valence-corrected chi connectivity index (χ0v) is 14.8. The summed E-state index contributed by atoms with van der Waals surface area (Å²) in [5, 5.41) is 4.44. The van der Waals surface area contributed by atoms with Gasteiger partial charge in [0.05, 0.1) is 0 Å². The molecule has 1 rings (SSSR count). The van der Waals surface area contributed by atoms with Gasteiger partial charge in [0.15, 0.2) is 0 Å². The fraction of sp³-hybridized carbons (Fsp3) is 0.667. The molecule has 0 spiro atoms. The second kappa shape index (κ2) is 10.2. The van der Waals surface area contributed by atoms with Crippen molar-refractivity contribution in [2.75, 3.05) is 26.2 Å². The van der Waals surface area contributed by atoms with Crippen molar-refractivity contribution >= 4 is 11.6 Å². The summed E-state index contributed by atoms with van der Waals surface area (Å²) in [6.45, 7) is 13.4. The number of nitrogens with zero attached hydrogens (tertiary/aromatic N) is 1. The highest BCUT2D eigenvalue weighted by Crippen LogP contribution is 2.25. The summed E-state index contributed by atoms with van der Waals surface area (Å²) >= 11 is 6.36. The van der Waals surface area contributed by atoms with E-state index in [2.05, 4.69) is 50.0 Å². The topological polar surface area (TPSA) is 15.3 Å². The summed E-state index contributed by atoms with van der Waals surface area (Å²) in [4.78, 5) is 2.55. The molecule has 0 heterocycles. The first-order chi connectivity index (χ1) is 10.1. The normalized spacial score (nSPS) is 14.4. The number of halogens is 1. The van der Waals surface area contributed by atoms with Gasteiger partial charge in [0.1, 0.15) is 0 Å². The van der Waals surface area contributed by atoms with Crippen LogP contribution in [0, 0.1) is 5.92 Å². The molecule has 1 N–H and O–H groups in total. The van der Waals surface area contributed by atoms with E-state index in [0.717, 1.165) is 37.0 Å². The Bertz CT molecular complexity index is 395. The average molecular weight is 311 g/mol. The summed E-state index contributed by atoms with van der Waals surface area (Å²) < 4.78 is 0. The van der Waals surface area contributed by atoms with Gasteiger partial charge in [-0.3, -0.25) is 0 Å². The molecule has 0 aliphatic heterocycles. The quantitative estimate of drug-likeness (QED) is 0.671. The molecule has 0 bridgehead atoms. The summed E-state index contributed by atoms with van der Waals surface area (Å²) in [5.41, 5.74) is 1.22. The van der Waals surface area contributed by atoms with Crippen molar-refractivity contribution in [3.05, 3.63) is 34.9 Å². The van der Waals surface area contributed by atoms with Crippen LogP contribution in [0.2, 0.25) is 5.02 Å². The molecular weight excluding hydrogens is 280 g/mol. The first-order valence-corrected chi connectivity index (χ1v) is 8.70. The Morgan fingerprint density at radius 2 is 1.90 bits per heavy atom. The third-order valence-electron chi connectivity index (χ3n) is 4.18. The van der Waals surface area contributed by atoms with E-state index in [1.165, 1.54) is 18.5 Å². The van der Waals surface area contributed by atoms with Gasteiger partial charge in [-0.2, -0.15) is 0 Å². The lowest BCUT2D eigenvalue weighted by Crippen LogP contribution is -2.32. The minimum Gasteiger partial charge on any atom is -0.310 e. The van der Waals surface area contributed by atoms with Crippen LogP contribution in [0.15, 0.2) is 24.3 Å². The second-order valence-electron chi connectivity index (χ2n) is 5.83. The van der Waals surface area contributed by atoms with Crippen LogP contribution in [-0.2, 0) is 0 Å². The van der Waals surface area contributed by atoms with E-state index in [-0.39, 0.29) is 0 Å². The van der Waals surface area contributed by atoms with Crippen LogP contribution < -0.4 is 5.32 Å². The molecule has 0 radical (unpaired) electrons. The minimum absolute atomic E-state index is 0.342. The van der Waals surface area contributed by atoms with Gasteiger partial charge in [0.25, 0.3) is 0 Å². The van der Waals surface area contributed by atoms with E-state index in [0.29, 0.717) is 6.04 Å². The second-order valence-corrected chi connectivity index (χ2v) is 6.23. The van der Waals surface area contributed by atoms with E-state index < -0.39 is 0 Å². The zero-order chi connectivity index (χ0) is 15.7. The highest BCUT2D eigenvalue weighted by molar-refractivity contribution is 6.31. The van der Waals surface area contributed by atoms with Crippen molar-refractivity contribution < 1.29 is 0 Å². The molecule has 0 aliphatic rings. The fourth-order valence-corrected chi connectivity index (χ4v) is 2.90. The Labute approximate surface area is 135 Å². The van der Waals surface area contributed by atoms with Crippen LogP contribution in [0.4, 0.5) is 0 Å². The van der Waals surface area contributed by atoms with Crippen LogP contribution in [0.1, 0.15) is 52.1 Å². The minimum atomic E-state index is 0.342. The largest absolute Gasteiger partial charge is 0.310 e. The molecule has 1 aromatic rings. The molecule has 0 amide bonds. The van der Waals surface area contributed by atoms with E-state index in [9.17, 15) is 0 Å². The molecule has 2 nitrogen and oxygen atoms in total. The molecule has 0 saturated carbocycles. The molecule has 0 fully saturated rings. The van der Waals surface area contributed by atoms with Crippen LogP contribution >= 0.6 is 11.6 Å². The predicted molar refractivity (Wildman–Crippen MR) is 94.1 cm³/mol. The van der Waals surface area contributed by atoms with Crippen molar-refractivity contribution in [1.82, 2.24) is 10.2 Å². The molecule has 1 aromatic carbocycles. The maximum Gasteiger partial charge on any atom is 0.0453 e. The lowest BCUT2D eigenvalue weighted by Gasteiger charge is -2.27. The Morgan fingerprint density at radius 1 is 1.19 bits per heavy atom. The van der Waals surface area contributed by atoms with Crippen LogP contribution in [-0.4, -0.2) is 31.1 Å². The van der Waals surface area contributed by atoms with Gasteiger partial charge in [0, 0.05) is 17.6 Å². The van der Waals surface area contributed by atoms with Crippen molar-refractivity contribution in [1.29, 1.82) is 0 Å². The van der Waals surface area contributed by atoms with Gasteiger partial charge in [-0.05, 0) is 43.6 Å². The number of rotatable bonds is 10. The van der Waals surface area contributed by atoms with Crippen LogP contribution in [0.25, 0.3) is 0 Å². The Kier molecular flexibility index (Phi) is 8.98. The molecule has 0 aromatic heterocycles. The smallest absolute Gasteiger partial charge is 0.0453 e. The standard InChI is InChI=1S/C18H31ClN2/c1-5-15(4)14-21(7-3)13-12-18(20-6-2)16-10-8-9-11-17(16)19/h8-11,15,18,20H,5-7,12-14H2,1-4H3. The number of hydrogen-bond acceptors (Lipinski definition) is 2. The Balaban J connectivity index is 2.64. The maximum atomic E-state index is 6.36. The monoisotopic (exact) mass is 310 g/mol. The summed E-state index contributed by atoms with van der Waals surface area (Å²) in [5.74, 6) is 0.767. The van der Waals surface area contributed by atoms with Gasteiger partial charge in [-0.15, -0.1) is 0 Å². The highest BCUT2D eigenvalue weighted by Gasteiger charge is 2.15. The fourth-order valence-electron chi connectivity index (χ4n) is 2.63. The molecular formula is C18H31ClN2. The summed E-state index contributed by atoms with van der Waals surface area (Å²) in [7, 11) is 0. The Morgan fingerprint density at radius 3 is 2.48 bits per heavy atom. The SMILES string of the molecule is CCNC(CCN(CC)CC(C)CC)c1ccccc1Cl. The highest BCUT2D eigenvalue weighted by atomic mass is 35.5. The average Bonchev–Trinajstić information content (AvgIpc) is 2.50. The third kappa shape index (κ3) is 6.37. The molecule has 2 atom stereocenters. The van der Waals surface area contributed by atoms with E-state index in [4.69, 9.17) is 11.6 Å². The first kappa shape index (κ1) is 18.5. The van der Waals surface area contributed by atoms with Crippen LogP contribution in [0.5, 0.6) is 0 Å². The third-order valence-corrected chi connectivity index (χ3v) is 4.52. The van der Waals surface area contributed by atoms with E-state index in [1.54, 1.807) is 0 Å². The number of benzene rings is 1. The predicted octanol–water partition coefficient (Wildman–Crippen LogP) is 4.75. The van der Waals surface area contributed by atoms with Crippen molar-refractivity contribution in [3.63, 3.8) is 0 Å². The van der Waals surface area contributed by atoms with Crippen molar-refractivity contribution in [2.24, 2.45) is 5.92 Å². The lowest BCUT2D eigenvalue weighted by molar-refractivity contribution is 0.233. The van der Waals surface area contributed by atoms with E-state index in [1.807, 2.05) is 12.1 Å². The van der Waals surface area contributed by atoms with Gasteiger partial charge < -0.3 is 10.2 Å². The number of hydrogen-bond donors (Lipinski definition) is 1. The summed E-state index contributed by atoms with van der Waals surface area (Å²) in [6, 6.07) is 8.53. The Hall–Kier alpha value is -0.570. The van der Waals surface area contributed by atoms with Gasteiger partial charge in [-0.25, -0.2) is 0 Å². The van der Waals surface area contributed by atoms with Crippen molar-refractivity contribution in [2.45, 2.75) is 46.6 Å². The molecule has 0 aliphatic carbocycles. The molecule has 21 heavy (non-hydrogen) atoms. The van der Waals surface area contributed by atoms with Gasteiger partial charge in [0.2, 0.25) is 0 Å². The maximum absolute atomic E-state index is 6.36. The molecule has 2 unspecified atom stereocenters. The molecule has 3 heteroatoms. The van der Waals surface area contributed by atoms with Gasteiger partial charge >= 0.3 is 0 Å². The number of nitrogens with one attached hydrogen (secondary N) is 1. The first-order valence-electron chi connectivity index (χ1n) is 8.32. The van der Waals surface area contributed by atoms with Gasteiger partial charge in [-0.1, -0.05) is 63.9 Å². The summed E-state index contributed by atoms with van der Waals surface area (Å²) in [6.07, 6.45) is 2.35. The van der Waals surface area contributed by atoms with Crippen molar-refractivity contribution in [3.8, 4) is 0 Å². The van der Waals surface area contributed by atoms with E-state index >= 15 is 0 Å². The molecule has 0 saturated heterocycles.